The standard InChI is InChI=1S/C11H13N2O/c1-11(8-14-7-10(12)13-11)9-5-3-2-4-6-9/h2-3,5-6H,7-8H2,1H3,(H2,12,13). The van der Waals surface area contributed by atoms with E-state index in [0.717, 1.165) is 5.56 Å². The van der Waals surface area contributed by atoms with Crippen LogP contribution in [0.3, 0.4) is 0 Å². The fraction of sp³-hybridized carbons (Fsp3) is 0.364. The minimum Gasteiger partial charge on any atom is -0.386 e. The second-order valence-corrected chi connectivity index (χ2v) is 3.66. The third-order valence-electron chi connectivity index (χ3n) is 2.35. The summed E-state index contributed by atoms with van der Waals surface area (Å²) in [4.78, 5) is 4.43. The normalized spacial score (nSPS) is 27.1. The van der Waals surface area contributed by atoms with Gasteiger partial charge in [-0.2, -0.15) is 0 Å². The van der Waals surface area contributed by atoms with E-state index in [4.69, 9.17) is 10.5 Å². The van der Waals surface area contributed by atoms with Gasteiger partial charge in [0, 0.05) is 0 Å². The van der Waals surface area contributed by atoms with Crippen molar-refractivity contribution in [1.82, 2.24) is 0 Å². The molecule has 3 nitrogen and oxygen atoms in total. The zero-order valence-electron chi connectivity index (χ0n) is 8.16. The molecule has 1 aromatic carbocycles. The van der Waals surface area contributed by atoms with Gasteiger partial charge in [0.05, 0.1) is 6.61 Å². The van der Waals surface area contributed by atoms with Crippen molar-refractivity contribution in [2.45, 2.75) is 12.5 Å². The summed E-state index contributed by atoms with van der Waals surface area (Å²) in [5.41, 5.74) is 6.40. The molecule has 73 valence electrons. The molecule has 2 N–H and O–H groups in total. The van der Waals surface area contributed by atoms with Crippen molar-refractivity contribution in [3.8, 4) is 0 Å². The second-order valence-electron chi connectivity index (χ2n) is 3.66. The van der Waals surface area contributed by atoms with Crippen molar-refractivity contribution < 1.29 is 4.74 Å². The molecule has 1 unspecified atom stereocenters. The Kier molecular flexibility index (Phi) is 2.25. The topological polar surface area (TPSA) is 47.6 Å². The van der Waals surface area contributed by atoms with Gasteiger partial charge in [-0.3, -0.25) is 4.99 Å². The maximum Gasteiger partial charge on any atom is 0.121 e. The smallest absolute Gasteiger partial charge is 0.121 e. The SMILES string of the molecule is CC1(c2c[c]ccc2)COCC(N)=N1. The molecule has 0 amide bonds. The molecule has 1 atom stereocenters. The van der Waals surface area contributed by atoms with E-state index in [1.165, 1.54) is 0 Å². The van der Waals surface area contributed by atoms with E-state index in [9.17, 15) is 0 Å². The van der Waals surface area contributed by atoms with Crippen LogP contribution >= 0.6 is 0 Å². The van der Waals surface area contributed by atoms with Crippen LogP contribution in [0.4, 0.5) is 0 Å². The van der Waals surface area contributed by atoms with E-state index in [-0.39, 0.29) is 5.54 Å². The summed E-state index contributed by atoms with van der Waals surface area (Å²) in [6.45, 7) is 3.03. The van der Waals surface area contributed by atoms with E-state index in [2.05, 4.69) is 11.1 Å². The highest BCUT2D eigenvalue weighted by Gasteiger charge is 2.29. The quantitative estimate of drug-likeness (QED) is 0.718. The largest absolute Gasteiger partial charge is 0.386 e. The van der Waals surface area contributed by atoms with Gasteiger partial charge in [0.25, 0.3) is 0 Å². The monoisotopic (exact) mass is 189 g/mol. The first-order chi connectivity index (χ1) is 6.71. The van der Waals surface area contributed by atoms with Gasteiger partial charge in [0.1, 0.15) is 18.0 Å². The van der Waals surface area contributed by atoms with Gasteiger partial charge in [-0.05, 0) is 24.6 Å². The molecular weight excluding hydrogens is 176 g/mol. The van der Waals surface area contributed by atoms with Crippen LogP contribution in [0.1, 0.15) is 12.5 Å². The maximum atomic E-state index is 5.66. The van der Waals surface area contributed by atoms with Crippen LogP contribution in [0.2, 0.25) is 0 Å². The highest BCUT2D eigenvalue weighted by atomic mass is 16.5. The summed E-state index contributed by atoms with van der Waals surface area (Å²) in [6, 6.07) is 10.8. The molecule has 1 aliphatic heterocycles. The summed E-state index contributed by atoms with van der Waals surface area (Å²) in [5.74, 6) is 0.558. The minimum absolute atomic E-state index is 0.347. The molecule has 1 aromatic rings. The highest BCUT2D eigenvalue weighted by molar-refractivity contribution is 5.82. The molecule has 0 fully saturated rings. The van der Waals surface area contributed by atoms with Gasteiger partial charge in [-0.25, -0.2) is 0 Å². The molecule has 0 spiro atoms. The maximum absolute atomic E-state index is 5.66. The first-order valence-corrected chi connectivity index (χ1v) is 4.59. The average molecular weight is 189 g/mol. The zero-order chi connectivity index (χ0) is 10.0. The van der Waals surface area contributed by atoms with Crippen molar-refractivity contribution in [2.75, 3.05) is 13.2 Å². The van der Waals surface area contributed by atoms with Crippen molar-refractivity contribution in [3.63, 3.8) is 0 Å². The van der Waals surface area contributed by atoms with Gasteiger partial charge in [-0.1, -0.05) is 18.2 Å². The number of amidine groups is 1. The average Bonchev–Trinajstić information content (AvgIpc) is 2.19. The van der Waals surface area contributed by atoms with Crippen molar-refractivity contribution in [2.24, 2.45) is 10.7 Å². The van der Waals surface area contributed by atoms with E-state index < -0.39 is 0 Å². The van der Waals surface area contributed by atoms with Crippen LogP contribution in [-0.4, -0.2) is 19.0 Å². The fourth-order valence-corrected chi connectivity index (χ4v) is 1.61. The molecule has 0 aromatic heterocycles. The van der Waals surface area contributed by atoms with Gasteiger partial charge in [0.15, 0.2) is 0 Å². The predicted octanol–water partition coefficient (Wildman–Crippen LogP) is 1.09. The van der Waals surface area contributed by atoms with Gasteiger partial charge in [0.2, 0.25) is 0 Å². The number of aliphatic imine (C=N–C) groups is 1. The summed E-state index contributed by atoms with van der Waals surface area (Å²) in [5, 5.41) is 0. The van der Waals surface area contributed by atoms with Crippen LogP contribution < -0.4 is 5.73 Å². The molecule has 1 heterocycles. The number of nitrogens with zero attached hydrogens (tertiary/aromatic N) is 1. The van der Waals surface area contributed by atoms with Crippen LogP contribution in [0.25, 0.3) is 0 Å². The van der Waals surface area contributed by atoms with E-state index >= 15 is 0 Å². The Labute approximate surface area is 83.6 Å². The third-order valence-corrected chi connectivity index (χ3v) is 2.35. The minimum atomic E-state index is -0.347. The van der Waals surface area contributed by atoms with Gasteiger partial charge < -0.3 is 10.5 Å². The molecule has 2 rings (SSSR count). The Hall–Kier alpha value is -1.35. The van der Waals surface area contributed by atoms with Crippen molar-refractivity contribution in [3.05, 3.63) is 35.9 Å². The van der Waals surface area contributed by atoms with E-state index in [1.807, 2.05) is 31.2 Å². The predicted molar refractivity (Wildman–Crippen MR) is 55.1 cm³/mol. The third kappa shape index (κ3) is 1.63. The summed E-state index contributed by atoms with van der Waals surface area (Å²) in [7, 11) is 0. The summed E-state index contributed by atoms with van der Waals surface area (Å²) < 4.78 is 5.38. The van der Waals surface area contributed by atoms with Crippen molar-refractivity contribution >= 4 is 5.84 Å². The number of benzene rings is 1. The van der Waals surface area contributed by atoms with Crippen LogP contribution in [-0.2, 0) is 10.3 Å². The molecular formula is C11H13N2O. The van der Waals surface area contributed by atoms with Gasteiger partial charge in [-0.15, -0.1) is 0 Å². The highest BCUT2D eigenvalue weighted by Crippen LogP contribution is 2.27. The molecule has 0 aliphatic carbocycles. The fourth-order valence-electron chi connectivity index (χ4n) is 1.61. The lowest BCUT2D eigenvalue weighted by Gasteiger charge is -2.29. The molecule has 1 radical (unpaired) electrons. The summed E-state index contributed by atoms with van der Waals surface area (Å²) >= 11 is 0. The first kappa shape index (κ1) is 9.21. The van der Waals surface area contributed by atoms with Gasteiger partial charge >= 0.3 is 0 Å². The van der Waals surface area contributed by atoms with Crippen LogP contribution in [0.5, 0.6) is 0 Å². The van der Waals surface area contributed by atoms with Crippen LogP contribution in [0, 0.1) is 6.07 Å². The number of hydrogen-bond acceptors (Lipinski definition) is 3. The van der Waals surface area contributed by atoms with Crippen LogP contribution in [0.15, 0.2) is 29.3 Å². The molecule has 3 heteroatoms. The zero-order valence-corrected chi connectivity index (χ0v) is 8.16. The number of ether oxygens (including phenoxy) is 1. The van der Waals surface area contributed by atoms with Crippen molar-refractivity contribution in [1.29, 1.82) is 0 Å². The number of hydrogen-bond donors (Lipinski definition) is 1. The Balaban J connectivity index is 2.37. The molecule has 1 aliphatic rings. The second kappa shape index (κ2) is 3.42. The summed E-state index contributed by atoms with van der Waals surface area (Å²) in [6.07, 6.45) is 0. The Morgan fingerprint density at radius 1 is 1.64 bits per heavy atom. The van der Waals surface area contributed by atoms with E-state index in [0.29, 0.717) is 19.0 Å². The molecule has 0 saturated carbocycles. The lowest BCUT2D eigenvalue weighted by molar-refractivity contribution is 0.106. The number of rotatable bonds is 1. The van der Waals surface area contributed by atoms with E-state index in [1.54, 1.807) is 0 Å². The molecule has 14 heavy (non-hydrogen) atoms. The first-order valence-electron chi connectivity index (χ1n) is 4.59. The lowest BCUT2D eigenvalue weighted by atomic mass is 9.93. The molecule has 0 bridgehead atoms. The Morgan fingerprint density at radius 3 is 3.14 bits per heavy atom. The molecule has 0 saturated heterocycles. The Bertz CT molecular complexity index is 348. The number of nitrogens with two attached hydrogens (primary N) is 1. The lowest BCUT2D eigenvalue weighted by Crippen LogP contribution is -2.37. The Morgan fingerprint density at radius 2 is 2.50 bits per heavy atom.